The Labute approximate surface area is 174 Å². The van der Waals surface area contributed by atoms with Crippen LogP contribution >= 0.6 is 11.3 Å². The number of nitrogens with zero attached hydrogens (tertiary/aromatic N) is 2. The Morgan fingerprint density at radius 3 is 2.83 bits per heavy atom. The third-order valence-corrected chi connectivity index (χ3v) is 5.94. The van der Waals surface area contributed by atoms with Crippen LogP contribution < -0.4 is 10.1 Å². The number of hydrogen-bond acceptors (Lipinski definition) is 6. The summed E-state index contributed by atoms with van der Waals surface area (Å²) in [5.74, 6) is 0.766. The van der Waals surface area contributed by atoms with E-state index in [9.17, 15) is 9.59 Å². The van der Waals surface area contributed by atoms with E-state index in [1.54, 1.807) is 28.7 Å². The number of benzene rings is 2. The van der Waals surface area contributed by atoms with Crippen molar-refractivity contribution < 1.29 is 13.9 Å². The SMILES string of the molecule is COC(=O)c1ccc(C)c(-c2ccc(/C=c3\sc4nc5ccccc5n4c3=O)o2)c1. The first kappa shape index (κ1) is 18.3. The first-order chi connectivity index (χ1) is 14.5. The summed E-state index contributed by atoms with van der Waals surface area (Å²) in [6.07, 6.45) is 1.72. The molecule has 0 N–H and O–H groups in total. The van der Waals surface area contributed by atoms with Gasteiger partial charge >= 0.3 is 5.97 Å². The van der Waals surface area contributed by atoms with Crippen molar-refractivity contribution >= 4 is 39.4 Å². The van der Waals surface area contributed by atoms with Crippen LogP contribution in [0.1, 0.15) is 21.7 Å². The maximum atomic E-state index is 12.9. The molecule has 30 heavy (non-hydrogen) atoms. The highest BCUT2D eigenvalue weighted by Gasteiger charge is 2.13. The fraction of sp³-hybridized carbons (Fsp3) is 0.0870. The third kappa shape index (κ3) is 2.91. The molecule has 7 heteroatoms. The third-order valence-electron chi connectivity index (χ3n) is 4.97. The number of thiazole rings is 1. The summed E-state index contributed by atoms with van der Waals surface area (Å²) in [5.41, 5.74) is 3.69. The Kier molecular flexibility index (Phi) is 4.25. The van der Waals surface area contributed by atoms with Crippen molar-refractivity contribution in [2.24, 2.45) is 0 Å². The van der Waals surface area contributed by atoms with Crippen LogP contribution in [-0.2, 0) is 4.74 Å². The Morgan fingerprint density at radius 2 is 2.00 bits per heavy atom. The van der Waals surface area contributed by atoms with Crippen molar-refractivity contribution in [1.29, 1.82) is 0 Å². The average Bonchev–Trinajstić information content (AvgIpc) is 3.44. The van der Waals surface area contributed by atoms with Crippen LogP contribution in [0.2, 0.25) is 0 Å². The van der Waals surface area contributed by atoms with E-state index in [0.717, 1.165) is 22.2 Å². The van der Waals surface area contributed by atoms with Crippen molar-refractivity contribution in [1.82, 2.24) is 9.38 Å². The molecule has 0 aliphatic heterocycles. The van der Waals surface area contributed by atoms with Gasteiger partial charge in [-0.15, -0.1) is 0 Å². The molecule has 5 aromatic rings. The number of carbonyl (C=O) groups excluding carboxylic acids is 1. The number of hydrogen-bond donors (Lipinski definition) is 0. The van der Waals surface area contributed by atoms with Crippen LogP contribution in [0, 0.1) is 6.92 Å². The van der Waals surface area contributed by atoms with Crippen molar-refractivity contribution in [2.75, 3.05) is 7.11 Å². The van der Waals surface area contributed by atoms with Crippen molar-refractivity contribution in [3.05, 3.63) is 86.4 Å². The van der Waals surface area contributed by atoms with Crippen LogP contribution in [0.15, 0.2) is 63.8 Å². The van der Waals surface area contributed by atoms with Gasteiger partial charge in [0.15, 0.2) is 4.96 Å². The van der Waals surface area contributed by atoms with Crippen LogP contribution in [0.4, 0.5) is 0 Å². The van der Waals surface area contributed by atoms with Gasteiger partial charge in [0.05, 0.1) is 23.7 Å². The van der Waals surface area contributed by atoms with Gasteiger partial charge in [-0.25, -0.2) is 14.2 Å². The van der Waals surface area contributed by atoms with Crippen LogP contribution in [0.3, 0.4) is 0 Å². The molecule has 0 radical (unpaired) electrons. The molecular weight excluding hydrogens is 400 g/mol. The molecule has 0 aliphatic rings. The van der Waals surface area contributed by atoms with Gasteiger partial charge in [0.2, 0.25) is 0 Å². The molecule has 3 heterocycles. The van der Waals surface area contributed by atoms with Gasteiger partial charge in [0.1, 0.15) is 16.1 Å². The van der Waals surface area contributed by atoms with Gasteiger partial charge < -0.3 is 9.15 Å². The molecule has 0 saturated carbocycles. The highest BCUT2D eigenvalue weighted by Crippen LogP contribution is 2.27. The lowest BCUT2D eigenvalue weighted by molar-refractivity contribution is 0.0601. The Bertz CT molecular complexity index is 1540. The highest BCUT2D eigenvalue weighted by atomic mass is 32.1. The lowest BCUT2D eigenvalue weighted by atomic mass is 10.0. The minimum atomic E-state index is -0.403. The zero-order chi connectivity index (χ0) is 20.8. The number of carbonyl (C=O) groups is 1. The van der Waals surface area contributed by atoms with E-state index in [0.29, 0.717) is 26.6 Å². The molecular formula is C23H16N2O4S. The maximum Gasteiger partial charge on any atom is 0.337 e. The second-order valence-electron chi connectivity index (χ2n) is 6.86. The van der Waals surface area contributed by atoms with Crippen molar-refractivity contribution in [3.63, 3.8) is 0 Å². The molecule has 0 unspecified atom stereocenters. The Hall–Kier alpha value is -3.71. The molecule has 6 nitrogen and oxygen atoms in total. The number of aryl methyl sites for hydroxylation is 1. The van der Waals surface area contributed by atoms with Crippen LogP contribution in [0.25, 0.3) is 33.4 Å². The second kappa shape index (κ2) is 6.96. The lowest BCUT2D eigenvalue weighted by Crippen LogP contribution is -2.22. The van der Waals surface area contributed by atoms with E-state index in [1.807, 2.05) is 43.3 Å². The van der Waals surface area contributed by atoms with E-state index in [2.05, 4.69) is 4.98 Å². The first-order valence-electron chi connectivity index (χ1n) is 9.26. The molecule has 0 aliphatic carbocycles. The van der Waals surface area contributed by atoms with Gasteiger partial charge in [-0.3, -0.25) is 4.79 Å². The smallest absolute Gasteiger partial charge is 0.337 e. The standard InChI is InChI=1S/C23H16N2O4S/c1-13-7-8-14(22(27)28-2)11-16(13)19-10-9-15(29-19)12-20-21(26)25-18-6-4-3-5-17(18)24-23(25)30-20/h3-12H,1-2H3/b20-12-. The van der Waals surface area contributed by atoms with Crippen LogP contribution in [0.5, 0.6) is 0 Å². The quantitative estimate of drug-likeness (QED) is 0.418. The van der Waals surface area contributed by atoms with Gasteiger partial charge in [-0.1, -0.05) is 29.5 Å². The summed E-state index contributed by atoms with van der Waals surface area (Å²) in [6.45, 7) is 1.94. The van der Waals surface area contributed by atoms with E-state index in [1.165, 1.54) is 18.4 Å². The maximum absolute atomic E-state index is 12.9. The summed E-state index contributed by atoms with van der Waals surface area (Å²) in [7, 11) is 1.35. The molecule has 0 spiro atoms. The summed E-state index contributed by atoms with van der Waals surface area (Å²) in [5, 5.41) is 0. The Morgan fingerprint density at radius 1 is 1.17 bits per heavy atom. The predicted octanol–water partition coefficient (Wildman–Crippen LogP) is 3.81. The summed E-state index contributed by atoms with van der Waals surface area (Å²) in [4.78, 5) is 29.9. The van der Waals surface area contributed by atoms with E-state index in [-0.39, 0.29) is 5.56 Å². The number of aromatic nitrogens is 2. The fourth-order valence-corrected chi connectivity index (χ4v) is 4.42. The molecule has 148 valence electrons. The monoisotopic (exact) mass is 416 g/mol. The summed E-state index contributed by atoms with van der Waals surface area (Å²) < 4.78 is 12.9. The second-order valence-corrected chi connectivity index (χ2v) is 7.87. The number of fused-ring (bicyclic) bond motifs is 3. The zero-order valence-corrected chi connectivity index (χ0v) is 17.0. The molecule has 0 amide bonds. The predicted molar refractivity (Wildman–Crippen MR) is 116 cm³/mol. The topological polar surface area (TPSA) is 73.8 Å². The molecule has 0 bridgehead atoms. The average molecular weight is 416 g/mol. The first-order valence-corrected chi connectivity index (χ1v) is 10.1. The van der Waals surface area contributed by atoms with Gasteiger partial charge in [-0.2, -0.15) is 0 Å². The van der Waals surface area contributed by atoms with Crippen molar-refractivity contribution in [2.45, 2.75) is 6.92 Å². The van der Waals surface area contributed by atoms with Crippen molar-refractivity contribution in [3.8, 4) is 11.3 Å². The van der Waals surface area contributed by atoms with Gasteiger partial charge in [-0.05, 0) is 48.9 Å². The number of esters is 1. The number of ether oxygens (including phenoxy) is 1. The van der Waals surface area contributed by atoms with Gasteiger partial charge in [0, 0.05) is 11.6 Å². The summed E-state index contributed by atoms with van der Waals surface area (Å²) in [6, 6.07) is 16.5. The van der Waals surface area contributed by atoms with E-state index >= 15 is 0 Å². The Balaban J connectivity index is 1.58. The molecule has 0 saturated heterocycles. The van der Waals surface area contributed by atoms with E-state index in [4.69, 9.17) is 9.15 Å². The number of methoxy groups -OCH3 is 1. The zero-order valence-electron chi connectivity index (χ0n) is 16.2. The number of para-hydroxylation sites is 2. The molecule has 5 rings (SSSR count). The molecule has 3 aromatic heterocycles. The molecule has 2 aromatic carbocycles. The molecule has 0 fully saturated rings. The normalized spacial score (nSPS) is 12.1. The van der Waals surface area contributed by atoms with Gasteiger partial charge in [0.25, 0.3) is 5.56 Å². The fourth-order valence-electron chi connectivity index (χ4n) is 3.45. The number of imidazole rings is 1. The van der Waals surface area contributed by atoms with E-state index < -0.39 is 5.97 Å². The number of furan rings is 1. The summed E-state index contributed by atoms with van der Waals surface area (Å²) >= 11 is 1.32. The number of rotatable bonds is 3. The minimum absolute atomic E-state index is 0.120. The molecule has 0 atom stereocenters. The minimum Gasteiger partial charge on any atom is -0.465 e. The lowest BCUT2D eigenvalue weighted by Gasteiger charge is -2.05. The largest absolute Gasteiger partial charge is 0.465 e. The van der Waals surface area contributed by atoms with Crippen LogP contribution in [-0.4, -0.2) is 22.5 Å². The highest BCUT2D eigenvalue weighted by molar-refractivity contribution is 7.15.